The third-order valence-electron chi connectivity index (χ3n) is 3.18. The Bertz CT molecular complexity index is 834. The molecule has 1 aliphatic rings. The van der Waals surface area contributed by atoms with Crippen molar-refractivity contribution in [2.24, 2.45) is 10.2 Å². The fraction of sp³-hybridized carbons (Fsp3) is 0.0588. The van der Waals surface area contributed by atoms with Crippen molar-refractivity contribution >= 4 is 29.1 Å². The molecule has 2 aromatic carbocycles. The summed E-state index contributed by atoms with van der Waals surface area (Å²) in [5.41, 5.74) is 3.57. The van der Waals surface area contributed by atoms with E-state index in [1.165, 1.54) is 11.8 Å². The zero-order chi connectivity index (χ0) is 16.1. The number of benzene rings is 2. The molecule has 1 amide bonds. The quantitative estimate of drug-likeness (QED) is 0.698. The molecular formula is C17H12N4OS. The van der Waals surface area contributed by atoms with Crippen LogP contribution in [0.2, 0.25) is 0 Å². The van der Waals surface area contributed by atoms with E-state index in [9.17, 15) is 4.79 Å². The van der Waals surface area contributed by atoms with Crippen molar-refractivity contribution in [3.05, 3.63) is 59.7 Å². The lowest BCUT2D eigenvalue weighted by Gasteiger charge is -2.02. The molecule has 0 radical (unpaired) electrons. The maximum atomic E-state index is 11.0. The van der Waals surface area contributed by atoms with E-state index in [1.54, 1.807) is 12.3 Å². The van der Waals surface area contributed by atoms with Crippen LogP contribution >= 0.6 is 11.8 Å². The number of nitrogens with one attached hydrogen (secondary N) is 1. The third kappa shape index (κ3) is 3.84. The van der Waals surface area contributed by atoms with Gasteiger partial charge in [0.25, 0.3) is 0 Å². The lowest BCUT2D eigenvalue weighted by atomic mass is 10.0. The van der Waals surface area contributed by atoms with Crippen LogP contribution in [-0.4, -0.2) is 23.0 Å². The van der Waals surface area contributed by atoms with Gasteiger partial charge in [0.15, 0.2) is 5.17 Å². The van der Waals surface area contributed by atoms with E-state index in [4.69, 9.17) is 5.26 Å². The van der Waals surface area contributed by atoms with Crippen LogP contribution in [0.4, 0.5) is 0 Å². The smallest absolute Gasteiger partial charge is 0.236 e. The second kappa shape index (κ2) is 6.90. The van der Waals surface area contributed by atoms with Crippen molar-refractivity contribution in [2.75, 3.05) is 5.75 Å². The molecular weight excluding hydrogens is 308 g/mol. The Morgan fingerprint density at radius 3 is 2.70 bits per heavy atom. The summed E-state index contributed by atoms with van der Waals surface area (Å²) < 4.78 is 0. The van der Waals surface area contributed by atoms with Gasteiger partial charge in [-0.1, -0.05) is 48.2 Å². The number of nitriles is 1. The standard InChI is InChI=1S/C17H12N4OS/c18-9-13-2-1-3-15(8-13)14-6-4-12(5-7-14)10-19-21-17-20-16(22)11-23-17/h1-8,10H,11H2,(H,20,21,22). The highest BCUT2D eigenvalue weighted by atomic mass is 32.2. The van der Waals surface area contributed by atoms with Gasteiger partial charge in [-0.25, -0.2) is 0 Å². The predicted molar refractivity (Wildman–Crippen MR) is 92.2 cm³/mol. The molecule has 0 unspecified atom stereocenters. The molecule has 5 nitrogen and oxygen atoms in total. The van der Waals surface area contributed by atoms with Crippen molar-refractivity contribution in [3.63, 3.8) is 0 Å². The van der Waals surface area contributed by atoms with Gasteiger partial charge in [-0.3, -0.25) is 4.79 Å². The second-order valence-corrected chi connectivity index (χ2v) is 5.77. The molecule has 0 aromatic heterocycles. The van der Waals surface area contributed by atoms with E-state index in [2.05, 4.69) is 21.6 Å². The minimum Gasteiger partial charge on any atom is -0.303 e. The van der Waals surface area contributed by atoms with Crippen LogP contribution in [0.1, 0.15) is 11.1 Å². The molecule has 0 saturated carbocycles. The number of thioether (sulfide) groups is 1. The molecule has 2 aromatic rings. The van der Waals surface area contributed by atoms with Crippen LogP contribution in [-0.2, 0) is 4.79 Å². The second-order valence-electron chi connectivity index (χ2n) is 4.80. The molecule has 0 atom stereocenters. The molecule has 6 heteroatoms. The molecule has 1 fully saturated rings. The fourth-order valence-electron chi connectivity index (χ4n) is 2.06. The number of rotatable bonds is 3. The number of hydrogen-bond acceptors (Lipinski definition) is 5. The molecule has 1 heterocycles. The van der Waals surface area contributed by atoms with Gasteiger partial charge in [0.1, 0.15) is 0 Å². The number of carbonyl (C=O) groups is 1. The molecule has 1 aliphatic heterocycles. The Morgan fingerprint density at radius 1 is 1.17 bits per heavy atom. The highest BCUT2D eigenvalue weighted by Crippen LogP contribution is 2.20. The van der Waals surface area contributed by atoms with Crippen LogP contribution in [0.15, 0.2) is 58.7 Å². The number of hydrogen-bond donors (Lipinski definition) is 1. The average Bonchev–Trinajstić information content (AvgIpc) is 3.01. The maximum absolute atomic E-state index is 11.0. The number of amides is 1. The number of carbonyl (C=O) groups excluding carboxylic acids is 1. The normalized spacial score (nSPS) is 15.8. The van der Waals surface area contributed by atoms with E-state index in [0.29, 0.717) is 16.5 Å². The largest absolute Gasteiger partial charge is 0.303 e. The molecule has 0 spiro atoms. The van der Waals surface area contributed by atoms with Crippen LogP contribution < -0.4 is 5.32 Å². The SMILES string of the molecule is N#Cc1cccc(-c2ccc(C=NN=C3NC(=O)CS3)cc2)c1. The Labute approximate surface area is 137 Å². The van der Waals surface area contributed by atoms with Gasteiger partial charge in [0.2, 0.25) is 5.91 Å². The topological polar surface area (TPSA) is 77.6 Å². The summed E-state index contributed by atoms with van der Waals surface area (Å²) in [5, 5.41) is 20.0. The van der Waals surface area contributed by atoms with Crippen LogP contribution in [0.25, 0.3) is 11.1 Å². The zero-order valence-corrected chi connectivity index (χ0v) is 12.9. The average molecular weight is 320 g/mol. The molecule has 3 rings (SSSR count). The van der Waals surface area contributed by atoms with E-state index < -0.39 is 0 Å². The van der Waals surface area contributed by atoms with Crippen LogP contribution in [0.5, 0.6) is 0 Å². The highest BCUT2D eigenvalue weighted by molar-refractivity contribution is 8.15. The van der Waals surface area contributed by atoms with Gasteiger partial charge >= 0.3 is 0 Å². The van der Waals surface area contributed by atoms with Gasteiger partial charge in [-0.05, 0) is 28.8 Å². The minimum absolute atomic E-state index is 0.0482. The van der Waals surface area contributed by atoms with Crippen molar-refractivity contribution in [3.8, 4) is 17.2 Å². The minimum atomic E-state index is -0.0482. The summed E-state index contributed by atoms with van der Waals surface area (Å²) in [5.74, 6) is 0.345. The van der Waals surface area contributed by atoms with Crippen molar-refractivity contribution in [1.29, 1.82) is 5.26 Å². The van der Waals surface area contributed by atoms with Gasteiger partial charge in [-0.2, -0.15) is 10.4 Å². The lowest BCUT2D eigenvalue weighted by Crippen LogP contribution is -2.19. The number of amidine groups is 1. The first-order valence-electron chi connectivity index (χ1n) is 6.89. The molecule has 0 aliphatic carbocycles. The molecule has 23 heavy (non-hydrogen) atoms. The van der Waals surface area contributed by atoms with Gasteiger partial charge in [0, 0.05) is 0 Å². The summed E-state index contributed by atoms with van der Waals surface area (Å²) >= 11 is 1.34. The van der Waals surface area contributed by atoms with Crippen molar-refractivity contribution < 1.29 is 4.79 Å². The van der Waals surface area contributed by atoms with E-state index in [-0.39, 0.29) is 5.91 Å². The van der Waals surface area contributed by atoms with E-state index in [1.807, 2.05) is 42.5 Å². The highest BCUT2D eigenvalue weighted by Gasteiger charge is 2.15. The first-order valence-corrected chi connectivity index (χ1v) is 7.87. The Balaban J connectivity index is 1.72. The van der Waals surface area contributed by atoms with Gasteiger partial charge < -0.3 is 5.32 Å². The Hall–Kier alpha value is -2.91. The Morgan fingerprint density at radius 2 is 2.00 bits per heavy atom. The van der Waals surface area contributed by atoms with Crippen LogP contribution in [0.3, 0.4) is 0 Å². The summed E-state index contributed by atoms with van der Waals surface area (Å²) in [6, 6.07) is 17.4. The van der Waals surface area contributed by atoms with Gasteiger partial charge in [-0.15, -0.1) is 5.10 Å². The molecule has 0 bridgehead atoms. The first kappa shape index (κ1) is 15.0. The zero-order valence-electron chi connectivity index (χ0n) is 12.1. The maximum Gasteiger partial charge on any atom is 0.236 e. The summed E-state index contributed by atoms with van der Waals surface area (Å²) in [6.07, 6.45) is 1.63. The van der Waals surface area contributed by atoms with Crippen LogP contribution in [0, 0.1) is 11.3 Å². The molecule has 1 saturated heterocycles. The summed E-state index contributed by atoms with van der Waals surface area (Å²) in [7, 11) is 0. The molecule has 1 N–H and O–H groups in total. The predicted octanol–water partition coefficient (Wildman–Crippen LogP) is 2.78. The monoisotopic (exact) mass is 320 g/mol. The molecule has 112 valence electrons. The fourth-order valence-corrected chi connectivity index (χ4v) is 2.69. The number of nitrogens with zero attached hydrogens (tertiary/aromatic N) is 3. The Kier molecular flexibility index (Phi) is 4.50. The lowest BCUT2D eigenvalue weighted by molar-refractivity contribution is -0.116. The summed E-state index contributed by atoms with van der Waals surface area (Å²) in [4.78, 5) is 11.0. The van der Waals surface area contributed by atoms with E-state index >= 15 is 0 Å². The third-order valence-corrected chi connectivity index (χ3v) is 4.04. The van der Waals surface area contributed by atoms with Crippen molar-refractivity contribution in [1.82, 2.24) is 5.32 Å². The van der Waals surface area contributed by atoms with Gasteiger partial charge in [0.05, 0.1) is 23.6 Å². The van der Waals surface area contributed by atoms with Crippen molar-refractivity contribution in [2.45, 2.75) is 0 Å². The van der Waals surface area contributed by atoms with E-state index in [0.717, 1.165) is 16.7 Å². The summed E-state index contributed by atoms with van der Waals surface area (Å²) in [6.45, 7) is 0. The first-order chi connectivity index (χ1) is 11.2.